The summed E-state index contributed by atoms with van der Waals surface area (Å²) in [6, 6.07) is 16.2. The maximum absolute atomic E-state index is 12.4. The highest BCUT2D eigenvalue weighted by molar-refractivity contribution is 9.10. The van der Waals surface area contributed by atoms with Gasteiger partial charge >= 0.3 is 0 Å². The van der Waals surface area contributed by atoms with Crippen LogP contribution in [0.1, 0.15) is 22.0 Å². The van der Waals surface area contributed by atoms with Gasteiger partial charge in [0, 0.05) is 16.6 Å². The number of hydrogen-bond donors (Lipinski definition) is 2. The van der Waals surface area contributed by atoms with Crippen LogP contribution in [0.25, 0.3) is 11.3 Å². The SMILES string of the molecule is COc1ccc(Br)c(C(=O)NCC(O)c2ccc(-c3ccco3)cc2)c1. The molecule has 1 atom stereocenters. The first-order valence-electron chi connectivity index (χ1n) is 8.02. The molecule has 6 heteroatoms. The Bertz CT molecular complexity index is 875. The number of amides is 1. The predicted molar refractivity (Wildman–Crippen MR) is 102 cm³/mol. The van der Waals surface area contributed by atoms with Crippen LogP contribution in [-0.2, 0) is 0 Å². The number of aliphatic hydroxyl groups is 1. The van der Waals surface area contributed by atoms with Crippen molar-refractivity contribution in [3.8, 4) is 17.1 Å². The van der Waals surface area contributed by atoms with Crippen LogP contribution in [0.15, 0.2) is 69.8 Å². The summed E-state index contributed by atoms with van der Waals surface area (Å²) in [5.41, 5.74) is 2.09. The summed E-state index contributed by atoms with van der Waals surface area (Å²) in [7, 11) is 1.54. The van der Waals surface area contributed by atoms with Crippen molar-refractivity contribution in [2.45, 2.75) is 6.10 Å². The van der Waals surface area contributed by atoms with Gasteiger partial charge < -0.3 is 19.6 Å². The quantitative estimate of drug-likeness (QED) is 0.633. The van der Waals surface area contributed by atoms with Crippen molar-refractivity contribution in [1.29, 1.82) is 0 Å². The second kappa shape index (κ2) is 8.21. The molecule has 0 aliphatic carbocycles. The molecule has 0 bridgehead atoms. The van der Waals surface area contributed by atoms with E-state index in [-0.39, 0.29) is 12.5 Å². The number of methoxy groups -OCH3 is 1. The first-order chi connectivity index (χ1) is 12.6. The molecule has 1 heterocycles. The van der Waals surface area contributed by atoms with Gasteiger partial charge in [-0.3, -0.25) is 4.79 Å². The highest BCUT2D eigenvalue weighted by Gasteiger charge is 2.14. The zero-order chi connectivity index (χ0) is 18.5. The molecule has 2 N–H and O–H groups in total. The monoisotopic (exact) mass is 415 g/mol. The topological polar surface area (TPSA) is 71.7 Å². The van der Waals surface area contributed by atoms with Crippen LogP contribution >= 0.6 is 15.9 Å². The molecule has 0 spiro atoms. The summed E-state index contributed by atoms with van der Waals surface area (Å²) in [5, 5.41) is 13.1. The van der Waals surface area contributed by atoms with Crippen molar-refractivity contribution in [3.05, 3.63) is 76.5 Å². The standard InChI is InChI=1S/C20H18BrNO4/c1-25-15-8-9-17(21)16(11-15)20(24)22-12-18(23)13-4-6-14(7-5-13)19-3-2-10-26-19/h2-11,18,23H,12H2,1H3,(H,22,24). The van der Waals surface area contributed by atoms with Crippen LogP contribution in [-0.4, -0.2) is 24.7 Å². The molecule has 0 fully saturated rings. The molecule has 2 aromatic carbocycles. The zero-order valence-corrected chi connectivity index (χ0v) is 15.7. The molecular formula is C20H18BrNO4. The van der Waals surface area contributed by atoms with Gasteiger partial charge in [0.25, 0.3) is 5.91 Å². The first-order valence-corrected chi connectivity index (χ1v) is 8.81. The van der Waals surface area contributed by atoms with Crippen LogP contribution in [0, 0.1) is 0 Å². The van der Waals surface area contributed by atoms with E-state index in [0.717, 1.165) is 11.3 Å². The van der Waals surface area contributed by atoms with Gasteiger partial charge in [0.1, 0.15) is 11.5 Å². The summed E-state index contributed by atoms with van der Waals surface area (Å²) in [6.45, 7) is 0.0998. The third-order valence-electron chi connectivity index (χ3n) is 3.98. The van der Waals surface area contributed by atoms with Crippen molar-refractivity contribution >= 4 is 21.8 Å². The maximum atomic E-state index is 12.4. The van der Waals surface area contributed by atoms with Crippen LogP contribution in [0.4, 0.5) is 0 Å². The zero-order valence-electron chi connectivity index (χ0n) is 14.1. The lowest BCUT2D eigenvalue weighted by molar-refractivity contribution is 0.0915. The molecule has 0 aliphatic heterocycles. The van der Waals surface area contributed by atoms with E-state index in [1.54, 1.807) is 31.6 Å². The Labute approximate surface area is 159 Å². The van der Waals surface area contributed by atoms with Gasteiger partial charge in [0.2, 0.25) is 0 Å². The van der Waals surface area contributed by atoms with Crippen molar-refractivity contribution in [1.82, 2.24) is 5.32 Å². The minimum atomic E-state index is -0.811. The van der Waals surface area contributed by atoms with Gasteiger partial charge in [-0.05, 0) is 51.8 Å². The van der Waals surface area contributed by atoms with E-state index in [4.69, 9.17) is 9.15 Å². The number of rotatable bonds is 6. The van der Waals surface area contributed by atoms with Crippen molar-refractivity contribution in [2.24, 2.45) is 0 Å². The Balaban J connectivity index is 1.63. The van der Waals surface area contributed by atoms with Crippen LogP contribution in [0.3, 0.4) is 0 Å². The highest BCUT2D eigenvalue weighted by atomic mass is 79.9. The molecule has 1 unspecified atom stereocenters. The Hall–Kier alpha value is -2.57. The van der Waals surface area contributed by atoms with Gasteiger partial charge in [-0.15, -0.1) is 0 Å². The average molecular weight is 416 g/mol. The summed E-state index contributed by atoms with van der Waals surface area (Å²) in [6.07, 6.45) is 0.804. The Kier molecular flexibility index (Phi) is 5.75. The van der Waals surface area contributed by atoms with Gasteiger partial charge in [0.05, 0.1) is 25.0 Å². The second-order valence-electron chi connectivity index (χ2n) is 5.67. The molecule has 1 amide bonds. The van der Waals surface area contributed by atoms with E-state index >= 15 is 0 Å². The Morgan fingerprint density at radius 3 is 2.65 bits per heavy atom. The summed E-state index contributed by atoms with van der Waals surface area (Å²) < 4.78 is 11.1. The van der Waals surface area contributed by atoms with Crippen molar-refractivity contribution < 1.29 is 19.1 Å². The lowest BCUT2D eigenvalue weighted by Gasteiger charge is -2.14. The molecule has 1 aromatic heterocycles. The predicted octanol–water partition coefficient (Wildman–Crippen LogP) is 4.18. The summed E-state index contributed by atoms with van der Waals surface area (Å²) >= 11 is 3.35. The smallest absolute Gasteiger partial charge is 0.252 e. The summed E-state index contributed by atoms with van der Waals surface area (Å²) in [5.74, 6) is 1.07. The minimum Gasteiger partial charge on any atom is -0.497 e. The number of carbonyl (C=O) groups excluding carboxylic acids is 1. The third kappa shape index (κ3) is 4.15. The fourth-order valence-electron chi connectivity index (χ4n) is 2.52. The van der Waals surface area contributed by atoms with Crippen molar-refractivity contribution in [2.75, 3.05) is 13.7 Å². The van der Waals surface area contributed by atoms with E-state index in [9.17, 15) is 9.90 Å². The lowest BCUT2D eigenvalue weighted by Crippen LogP contribution is -2.28. The van der Waals surface area contributed by atoms with Gasteiger partial charge in [-0.25, -0.2) is 0 Å². The molecule has 5 nitrogen and oxygen atoms in total. The number of aliphatic hydroxyl groups excluding tert-OH is 1. The van der Waals surface area contributed by atoms with E-state index < -0.39 is 6.10 Å². The fourth-order valence-corrected chi connectivity index (χ4v) is 2.95. The third-order valence-corrected chi connectivity index (χ3v) is 4.67. The van der Waals surface area contributed by atoms with E-state index in [1.807, 2.05) is 36.4 Å². The molecule has 0 radical (unpaired) electrons. The highest BCUT2D eigenvalue weighted by Crippen LogP contribution is 2.24. The second-order valence-corrected chi connectivity index (χ2v) is 6.53. The van der Waals surface area contributed by atoms with Crippen LogP contribution in [0.5, 0.6) is 5.75 Å². The molecule has 0 aliphatic rings. The number of carbonyl (C=O) groups is 1. The number of nitrogens with one attached hydrogen (secondary N) is 1. The number of furan rings is 1. The Morgan fingerprint density at radius 2 is 2.00 bits per heavy atom. The van der Waals surface area contributed by atoms with Crippen LogP contribution < -0.4 is 10.1 Å². The molecule has 26 heavy (non-hydrogen) atoms. The Morgan fingerprint density at radius 1 is 1.23 bits per heavy atom. The number of hydrogen-bond acceptors (Lipinski definition) is 4. The molecule has 0 saturated heterocycles. The lowest BCUT2D eigenvalue weighted by atomic mass is 10.1. The molecule has 3 rings (SSSR count). The summed E-state index contributed by atoms with van der Waals surface area (Å²) in [4.78, 5) is 12.4. The average Bonchev–Trinajstić information content (AvgIpc) is 3.21. The van der Waals surface area contributed by atoms with Gasteiger partial charge in [-0.2, -0.15) is 0 Å². The van der Waals surface area contributed by atoms with E-state index in [1.165, 1.54) is 0 Å². The number of halogens is 1. The van der Waals surface area contributed by atoms with Gasteiger partial charge in [-0.1, -0.05) is 24.3 Å². The first kappa shape index (κ1) is 18.2. The van der Waals surface area contributed by atoms with E-state index in [0.29, 0.717) is 21.3 Å². The molecule has 3 aromatic rings. The molecular weight excluding hydrogens is 398 g/mol. The molecule has 0 saturated carbocycles. The van der Waals surface area contributed by atoms with Gasteiger partial charge in [0.15, 0.2) is 0 Å². The largest absolute Gasteiger partial charge is 0.497 e. The fraction of sp³-hybridized carbons (Fsp3) is 0.150. The van der Waals surface area contributed by atoms with Crippen molar-refractivity contribution in [3.63, 3.8) is 0 Å². The molecule has 134 valence electrons. The number of benzene rings is 2. The van der Waals surface area contributed by atoms with E-state index in [2.05, 4.69) is 21.2 Å². The minimum absolute atomic E-state index is 0.0998. The normalized spacial score (nSPS) is 11.8. The number of ether oxygens (including phenoxy) is 1. The maximum Gasteiger partial charge on any atom is 0.252 e. The van der Waals surface area contributed by atoms with Crippen LogP contribution in [0.2, 0.25) is 0 Å².